The van der Waals surface area contributed by atoms with Gasteiger partial charge in [0.1, 0.15) is 5.75 Å². The Hall–Kier alpha value is -2.91. The summed E-state index contributed by atoms with van der Waals surface area (Å²) in [5.74, 6) is -0.603. The van der Waals surface area contributed by atoms with Gasteiger partial charge in [0.2, 0.25) is 10.0 Å². The normalized spacial score (nSPS) is 12.2. The maximum atomic E-state index is 12.5. The van der Waals surface area contributed by atoms with E-state index < -0.39 is 27.9 Å². The number of hydrogen-bond donors (Lipinski definition) is 3. The molecule has 0 saturated heterocycles. The highest BCUT2D eigenvalue weighted by atomic mass is 32.2. The molecule has 2 aromatic carbocycles. The van der Waals surface area contributed by atoms with E-state index >= 15 is 0 Å². The van der Waals surface area contributed by atoms with E-state index in [2.05, 4.69) is 15.6 Å². The lowest BCUT2D eigenvalue weighted by Crippen LogP contribution is -2.47. The predicted molar refractivity (Wildman–Crippen MR) is 114 cm³/mol. The summed E-state index contributed by atoms with van der Waals surface area (Å²) in [5.41, 5.74) is 7.86. The zero-order chi connectivity index (χ0) is 22.6. The van der Waals surface area contributed by atoms with Crippen molar-refractivity contribution in [1.82, 2.24) is 15.6 Å². The van der Waals surface area contributed by atoms with Crippen LogP contribution in [0.4, 0.5) is 0 Å². The van der Waals surface area contributed by atoms with Crippen LogP contribution in [0.1, 0.15) is 39.5 Å². The highest BCUT2D eigenvalue weighted by Gasteiger charge is 2.21. The first-order valence-electron chi connectivity index (χ1n) is 9.35. The molecule has 0 bridgehead atoms. The Morgan fingerprint density at radius 3 is 2.27 bits per heavy atom. The summed E-state index contributed by atoms with van der Waals surface area (Å²) in [6, 6.07) is 8.37. The van der Waals surface area contributed by atoms with Crippen molar-refractivity contribution < 1.29 is 22.7 Å². The number of hydrazine groups is 1. The highest BCUT2D eigenvalue weighted by molar-refractivity contribution is 7.89. The summed E-state index contributed by atoms with van der Waals surface area (Å²) in [6.45, 7) is 8.78. The topological polar surface area (TPSA) is 114 Å². The van der Waals surface area contributed by atoms with Crippen molar-refractivity contribution in [2.45, 2.75) is 45.6 Å². The van der Waals surface area contributed by atoms with Crippen LogP contribution in [0.3, 0.4) is 0 Å². The number of sulfonamides is 1. The van der Waals surface area contributed by atoms with E-state index in [1.54, 1.807) is 32.9 Å². The van der Waals surface area contributed by atoms with Crippen molar-refractivity contribution in [2.24, 2.45) is 0 Å². The van der Waals surface area contributed by atoms with Crippen molar-refractivity contribution in [2.75, 3.05) is 7.05 Å². The van der Waals surface area contributed by atoms with Crippen LogP contribution in [0.15, 0.2) is 35.2 Å². The minimum Gasteiger partial charge on any atom is -0.481 e. The molecule has 0 radical (unpaired) electrons. The van der Waals surface area contributed by atoms with Crippen LogP contribution in [0.2, 0.25) is 0 Å². The Morgan fingerprint density at radius 2 is 1.63 bits per heavy atom. The molecule has 2 amide bonds. The van der Waals surface area contributed by atoms with Gasteiger partial charge in [0.05, 0.1) is 4.90 Å². The Balaban J connectivity index is 2.10. The van der Waals surface area contributed by atoms with Crippen LogP contribution < -0.4 is 20.3 Å². The monoisotopic (exact) mass is 433 g/mol. The molecular weight excluding hydrogens is 406 g/mol. The molecule has 162 valence electrons. The van der Waals surface area contributed by atoms with Crippen LogP contribution in [0.25, 0.3) is 0 Å². The fraction of sp³-hybridized carbons (Fsp3) is 0.333. The molecule has 0 aromatic heterocycles. The molecule has 1 unspecified atom stereocenters. The molecule has 2 aromatic rings. The van der Waals surface area contributed by atoms with Gasteiger partial charge in [0.15, 0.2) is 6.10 Å². The van der Waals surface area contributed by atoms with Crippen LogP contribution >= 0.6 is 0 Å². The van der Waals surface area contributed by atoms with Gasteiger partial charge in [-0.3, -0.25) is 20.4 Å². The lowest BCUT2D eigenvalue weighted by Gasteiger charge is -2.17. The first-order chi connectivity index (χ1) is 14.0. The average Bonchev–Trinajstić information content (AvgIpc) is 2.70. The molecule has 0 saturated carbocycles. The zero-order valence-corrected chi connectivity index (χ0v) is 18.7. The Morgan fingerprint density at radius 1 is 0.967 bits per heavy atom. The fourth-order valence-corrected chi connectivity index (χ4v) is 3.80. The van der Waals surface area contributed by atoms with Crippen molar-refractivity contribution in [3.63, 3.8) is 0 Å². The first-order valence-corrected chi connectivity index (χ1v) is 10.8. The number of carbonyl (C=O) groups is 2. The molecule has 1 atom stereocenters. The highest BCUT2D eigenvalue weighted by Crippen LogP contribution is 2.22. The van der Waals surface area contributed by atoms with E-state index in [0.29, 0.717) is 16.9 Å². The van der Waals surface area contributed by atoms with Crippen LogP contribution in [-0.4, -0.2) is 33.4 Å². The van der Waals surface area contributed by atoms with E-state index in [-0.39, 0.29) is 10.5 Å². The molecule has 30 heavy (non-hydrogen) atoms. The number of carbonyl (C=O) groups excluding carboxylic acids is 2. The standard InChI is InChI=1S/C21H27N3O5S/c1-12-8-7-9-18(14(12)3)29-16(5)20(25)23-24-21(26)17-10-13(2)15(4)19(11-17)30(27,28)22-6/h7-11,16,22H,1-6H3,(H,23,25)(H,24,26). The number of nitrogens with one attached hydrogen (secondary N) is 3. The molecular formula is C21H27N3O5S. The van der Waals surface area contributed by atoms with Gasteiger partial charge in [-0.1, -0.05) is 12.1 Å². The minimum absolute atomic E-state index is 0.00750. The number of amides is 2. The number of ether oxygens (including phenoxy) is 1. The molecule has 0 aliphatic rings. The summed E-state index contributed by atoms with van der Waals surface area (Å²) in [5, 5.41) is 0. The second-order valence-corrected chi connectivity index (χ2v) is 8.88. The smallest absolute Gasteiger partial charge is 0.279 e. The lowest BCUT2D eigenvalue weighted by molar-refractivity contribution is -0.128. The van der Waals surface area contributed by atoms with E-state index in [0.717, 1.165) is 11.1 Å². The summed E-state index contributed by atoms with van der Waals surface area (Å²) in [7, 11) is -2.43. The van der Waals surface area contributed by atoms with Crippen molar-refractivity contribution >= 4 is 21.8 Å². The van der Waals surface area contributed by atoms with Crippen molar-refractivity contribution in [3.8, 4) is 5.75 Å². The van der Waals surface area contributed by atoms with Gasteiger partial charge in [0, 0.05) is 5.56 Å². The second-order valence-electron chi connectivity index (χ2n) is 7.03. The largest absolute Gasteiger partial charge is 0.481 e. The number of benzene rings is 2. The Kier molecular flexibility index (Phi) is 7.22. The zero-order valence-electron chi connectivity index (χ0n) is 17.9. The minimum atomic E-state index is -3.73. The summed E-state index contributed by atoms with van der Waals surface area (Å²) < 4.78 is 32.3. The van der Waals surface area contributed by atoms with Gasteiger partial charge < -0.3 is 4.74 Å². The third kappa shape index (κ3) is 5.17. The van der Waals surface area contributed by atoms with Gasteiger partial charge in [0.25, 0.3) is 11.8 Å². The molecule has 2 rings (SSSR count). The second kappa shape index (κ2) is 9.27. The quantitative estimate of drug-likeness (QED) is 0.604. The van der Waals surface area contributed by atoms with Crippen molar-refractivity contribution in [1.29, 1.82) is 0 Å². The average molecular weight is 434 g/mol. The van der Waals surface area contributed by atoms with Crippen LogP contribution in [0.5, 0.6) is 5.75 Å². The number of hydrogen-bond acceptors (Lipinski definition) is 5. The van der Waals surface area contributed by atoms with E-state index in [4.69, 9.17) is 4.74 Å². The molecule has 9 heteroatoms. The third-order valence-corrected chi connectivity index (χ3v) is 6.51. The number of aryl methyl sites for hydroxylation is 2. The van der Waals surface area contributed by atoms with E-state index in [1.165, 1.54) is 13.1 Å². The molecule has 0 heterocycles. The first kappa shape index (κ1) is 23.4. The maximum absolute atomic E-state index is 12.5. The van der Waals surface area contributed by atoms with Crippen LogP contribution in [-0.2, 0) is 14.8 Å². The molecule has 0 fully saturated rings. The SMILES string of the molecule is CNS(=O)(=O)c1cc(C(=O)NNC(=O)C(C)Oc2cccc(C)c2C)cc(C)c1C. The van der Waals surface area contributed by atoms with Gasteiger partial charge in [-0.15, -0.1) is 0 Å². The van der Waals surface area contributed by atoms with Gasteiger partial charge in [-0.05, 0) is 82.1 Å². The van der Waals surface area contributed by atoms with E-state index in [9.17, 15) is 18.0 Å². The van der Waals surface area contributed by atoms with Crippen LogP contribution in [0, 0.1) is 27.7 Å². The molecule has 0 aliphatic carbocycles. The van der Waals surface area contributed by atoms with E-state index in [1.807, 2.05) is 26.0 Å². The van der Waals surface area contributed by atoms with Gasteiger partial charge in [-0.2, -0.15) is 0 Å². The fourth-order valence-electron chi connectivity index (χ4n) is 2.74. The molecule has 0 aliphatic heterocycles. The molecule has 8 nitrogen and oxygen atoms in total. The van der Waals surface area contributed by atoms with Crippen molar-refractivity contribution in [3.05, 3.63) is 58.1 Å². The maximum Gasteiger partial charge on any atom is 0.279 e. The Labute approximate surface area is 177 Å². The lowest BCUT2D eigenvalue weighted by atomic mass is 10.1. The summed E-state index contributed by atoms with van der Waals surface area (Å²) in [4.78, 5) is 24.8. The summed E-state index contributed by atoms with van der Waals surface area (Å²) >= 11 is 0. The number of rotatable bonds is 6. The predicted octanol–water partition coefficient (Wildman–Crippen LogP) is 2.06. The molecule has 0 spiro atoms. The summed E-state index contributed by atoms with van der Waals surface area (Å²) in [6.07, 6.45) is -0.856. The van der Waals surface area contributed by atoms with Gasteiger partial charge >= 0.3 is 0 Å². The Bertz CT molecular complexity index is 1080. The third-order valence-electron chi connectivity index (χ3n) is 4.97. The molecule has 3 N–H and O–H groups in total. The van der Waals surface area contributed by atoms with Gasteiger partial charge in [-0.25, -0.2) is 13.1 Å².